The van der Waals surface area contributed by atoms with E-state index in [2.05, 4.69) is 10.6 Å². The molecule has 0 fully saturated rings. The van der Waals surface area contributed by atoms with E-state index in [9.17, 15) is 14.4 Å². The van der Waals surface area contributed by atoms with E-state index in [0.717, 1.165) is 0 Å². The van der Waals surface area contributed by atoms with Gasteiger partial charge < -0.3 is 24.7 Å². The lowest BCUT2D eigenvalue weighted by molar-refractivity contribution is -0.121. The summed E-state index contributed by atoms with van der Waals surface area (Å²) in [6.07, 6.45) is 1.56. The van der Waals surface area contributed by atoms with Crippen molar-refractivity contribution in [3.63, 3.8) is 0 Å². The number of benzene rings is 2. The molecule has 0 atom stereocenters. The van der Waals surface area contributed by atoms with Crippen LogP contribution in [0.4, 0.5) is 17.1 Å². The topological polar surface area (TPSA) is 101 Å². The van der Waals surface area contributed by atoms with E-state index in [-0.39, 0.29) is 43.1 Å². The minimum absolute atomic E-state index is 0.0379. The molecule has 0 unspecified atom stereocenters. The van der Waals surface area contributed by atoms with Gasteiger partial charge >= 0.3 is 0 Å². The van der Waals surface area contributed by atoms with E-state index in [0.29, 0.717) is 22.8 Å². The quantitative estimate of drug-likeness (QED) is 0.655. The van der Waals surface area contributed by atoms with Gasteiger partial charge in [-0.25, -0.2) is 0 Å². The summed E-state index contributed by atoms with van der Waals surface area (Å²) in [5.41, 5.74) is 1.83. The third kappa shape index (κ3) is 4.33. The zero-order chi connectivity index (χ0) is 20.9. The zero-order valence-electron chi connectivity index (χ0n) is 16.0. The zero-order valence-corrected chi connectivity index (χ0v) is 16.0. The van der Waals surface area contributed by atoms with Gasteiger partial charge in [0.05, 0.1) is 12.0 Å². The molecule has 1 aliphatic heterocycles. The molecule has 0 aliphatic carbocycles. The molecule has 1 aromatic heterocycles. The van der Waals surface area contributed by atoms with Crippen molar-refractivity contribution in [2.45, 2.75) is 6.42 Å². The van der Waals surface area contributed by atoms with Crippen LogP contribution in [0.5, 0.6) is 5.75 Å². The van der Waals surface area contributed by atoms with Crippen molar-refractivity contribution >= 4 is 34.8 Å². The number of amides is 3. The lowest BCUT2D eigenvalue weighted by Crippen LogP contribution is -2.40. The van der Waals surface area contributed by atoms with Gasteiger partial charge in [0.25, 0.3) is 11.8 Å². The summed E-state index contributed by atoms with van der Waals surface area (Å²) in [5, 5.41) is 5.49. The van der Waals surface area contributed by atoms with Crippen LogP contribution in [-0.2, 0) is 9.59 Å². The number of hydrogen-bond donors (Lipinski definition) is 2. The van der Waals surface area contributed by atoms with Gasteiger partial charge in [-0.05, 0) is 48.5 Å². The molecule has 0 bridgehead atoms. The molecule has 0 saturated carbocycles. The molecule has 8 nitrogen and oxygen atoms in total. The Hall–Kier alpha value is -4.07. The number of nitrogens with zero attached hydrogens (tertiary/aromatic N) is 1. The second-order valence-corrected chi connectivity index (χ2v) is 6.61. The maximum Gasteiger partial charge on any atom is 0.291 e. The predicted octanol–water partition coefficient (Wildman–Crippen LogP) is 3.29. The molecule has 152 valence electrons. The van der Waals surface area contributed by atoms with Crippen LogP contribution in [0.25, 0.3) is 0 Å². The third-order valence-corrected chi connectivity index (χ3v) is 4.54. The molecule has 8 heteroatoms. The average molecular weight is 405 g/mol. The summed E-state index contributed by atoms with van der Waals surface area (Å²) < 4.78 is 10.4. The van der Waals surface area contributed by atoms with Crippen LogP contribution in [-0.4, -0.2) is 30.9 Å². The Morgan fingerprint density at radius 2 is 1.67 bits per heavy atom. The molecule has 2 heterocycles. The van der Waals surface area contributed by atoms with Crippen molar-refractivity contribution in [2.24, 2.45) is 0 Å². The fourth-order valence-electron chi connectivity index (χ4n) is 3.07. The Kier molecular flexibility index (Phi) is 5.47. The first-order valence-electron chi connectivity index (χ1n) is 9.37. The van der Waals surface area contributed by atoms with Crippen molar-refractivity contribution in [3.05, 3.63) is 72.7 Å². The molecule has 0 saturated heterocycles. The van der Waals surface area contributed by atoms with E-state index < -0.39 is 0 Å². The molecule has 4 rings (SSSR count). The lowest BCUT2D eigenvalue weighted by atomic mass is 10.2. The highest BCUT2D eigenvalue weighted by atomic mass is 16.5. The number of carbonyl (C=O) groups excluding carboxylic acids is 3. The van der Waals surface area contributed by atoms with Crippen molar-refractivity contribution in [3.8, 4) is 5.75 Å². The average Bonchev–Trinajstić information content (AvgIpc) is 3.29. The molecule has 0 radical (unpaired) electrons. The Bertz CT molecular complexity index is 1060. The third-order valence-electron chi connectivity index (χ3n) is 4.54. The fourth-order valence-corrected chi connectivity index (χ4v) is 3.07. The molecule has 1 aliphatic rings. The van der Waals surface area contributed by atoms with E-state index >= 15 is 0 Å². The second-order valence-electron chi connectivity index (χ2n) is 6.61. The van der Waals surface area contributed by atoms with Gasteiger partial charge in [0, 0.05) is 24.3 Å². The fraction of sp³-hybridized carbons (Fsp3) is 0.136. The summed E-state index contributed by atoms with van der Waals surface area (Å²) in [5.74, 6) is 0.0841. The molecule has 2 aromatic carbocycles. The number of carbonyl (C=O) groups is 3. The maximum absolute atomic E-state index is 12.3. The molecule has 3 aromatic rings. The van der Waals surface area contributed by atoms with Gasteiger partial charge in [-0.1, -0.05) is 12.1 Å². The number of rotatable bonds is 6. The Labute approximate surface area is 172 Å². The van der Waals surface area contributed by atoms with Crippen LogP contribution in [0.2, 0.25) is 0 Å². The molecular formula is C22H19N3O5. The van der Waals surface area contributed by atoms with E-state index in [1.54, 1.807) is 53.4 Å². The van der Waals surface area contributed by atoms with Crippen molar-refractivity contribution < 1.29 is 23.5 Å². The van der Waals surface area contributed by atoms with Gasteiger partial charge in [-0.15, -0.1) is 0 Å². The normalized spacial score (nSPS) is 12.7. The van der Waals surface area contributed by atoms with Crippen LogP contribution in [0, 0.1) is 0 Å². The predicted molar refractivity (Wildman–Crippen MR) is 111 cm³/mol. The number of nitrogens with one attached hydrogen (secondary N) is 2. The molecular weight excluding hydrogens is 386 g/mol. The maximum atomic E-state index is 12.3. The van der Waals surface area contributed by atoms with Gasteiger partial charge in [-0.3, -0.25) is 14.4 Å². The summed E-state index contributed by atoms with van der Waals surface area (Å²) >= 11 is 0. The van der Waals surface area contributed by atoms with Crippen molar-refractivity contribution in [1.82, 2.24) is 0 Å². The van der Waals surface area contributed by atoms with Gasteiger partial charge in [0.1, 0.15) is 5.75 Å². The summed E-state index contributed by atoms with van der Waals surface area (Å²) in [6, 6.07) is 17.2. The number of para-hydroxylation sites is 2. The minimum Gasteiger partial charge on any atom is -0.482 e. The SMILES string of the molecule is O=C(CCN1C(=O)COc2ccccc21)Nc1ccc(NC(=O)c2ccco2)cc1. The smallest absolute Gasteiger partial charge is 0.291 e. The van der Waals surface area contributed by atoms with Gasteiger partial charge in [-0.2, -0.15) is 0 Å². The highest BCUT2D eigenvalue weighted by Crippen LogP contribution is 2.31. The Morgan fingerprint density at radius 1 is 0.933 bits per heavy atom. The monoisotopic (exact) mass is 405 g/mol. The Morgan fingerprint density at radius 3 is 2.40 bits per heavy atom. The summed E-state index contributed by atoms with van der Waals surface area (Å²) in [7, 11) is 0. The van der Waals surface area contributed by atoms with E-state index in [1.165, 1.54) is 6.26 Å². The minimum atomic E-state index is -0.354. The van der Waals surface area contributed by atoms with E-state index in [1.807, 2.05) is 12.1 Å². The molecule has 2 N–H and O–H groups in total. The summed E-state index contributed by atoms with van der Waals surface area (Å²) in [4.78, 5) is 38.0. The second kappa shape index (κ2) is 8.52. The first-order chi connectivity index (χ1) is 14.6. The van der Waals surface area contributed by atoms with Gasteiger partial charge in [0.2, 0.25) is 5.91 Å². The number of ether oxygens (including phenoxy) is 1. The summed E-state index contributed by atoms with van der Waals surface area (Å²) in [6.45, 7) is 0.214. The first kappa shape index (κ1) is 19.3. The molecule has 30 heavy (non-hydrogen) atoms. The Balaban J connectivity index is 1.31. The standard InChI is InChI=1S/C22H19N3O5/c26-20(11-12-25-17-4-1-2-5-18(17)30-14-21(25)27)23-15-7-9-16(10-8-15)24-22(28)19-6-3-13-29-19/h1-10,13H,11-12,14H2,(H,23,26)(H,24,28). The number of hydrogen-bond acceptors (Lipinski definition) is 5. The molecule has 0 spiro atoms. The van der Waals surface area contributed by atoms with Crippen LogP contribution in [0.15, 0.2) is 71.3 Å². The van der Waals surface area contributed by atoms with Crippen molar-refractivity contribution in [2.75, 3.05) is 28.7 Å². The highest BCUT2D eigenvalue weighted by molar-refractivity contribution is 6.02. The van der Waals surface area contributed by atoms with Crippen molar-refractivity contribution in [1.29, 1.82) is 0 Å². The van der Waals surface area contributed by atoms with Crippen LogP contribution in [0.1, 0.15) is 17.0 Å². The number of fused-ring (bicyclic) bond motifs is 1. The van der Waals surface area contributed by atoms with Gasteiger partial charge in [0.15, 0.2) is 12.4 Å². The largest absolute Gasteiger partial charge is 0.482 e. The van der Waals surface area contributed by atoms with Crippen LogP contribution >= 0.6 is 0 Å². The molecule has 3 amide bonds. The highest BCUT2D eigenvalue weighted by Gasteiger charge is 2.25. The van der Waals surface area contributed by atoms with Crippen LogP contribution < -0.4 is 20.3 Å². The van der Waals surface area contributed by atoms with E-state index in [4.69, 9.17) is 9.15 Å². The number of furan rings is 1. The lowest BCUT2D eigenvalue weighted by Gasteiger charge is -2.29. The first-order valence-corrected chi connectivity index (χ1v) is 9.37. The number of anilines is 3. The van der Waals surface area contributed by atoms with Crippen LogP contribution in [0.3, 0.4) is 0 Å².